The number of hydrogen-bond acceptors (Lipinski definition) is 3. The summed E-state index contributed by atoms with van der Waals surface area (Å²) in [5.41, 5.74) is -0.660. The standard InChI is InChI=1S/C14H15ClFNO4/c15-10-6-9(2-3-11(10)16)21-8-12(18)17-14(4-1-5-14)7-13(19)20/h2-3,6H,1,4-5,7-8H2,(H,17,18)(H,19,20). The van der Waals surface area contributed by atoms with Crippen molar-refractivity contribution >= 4 is 23.5 Å². The second kappa shape index (κ2) is 6.30. The number of halogens is 2. The van der Waals surface area contributed by atoms with Gasteiger partial charge in [0.05, 0.1) is 17.0 Å². The lowest BCUT2D eigenvalue weighted by Crippen LogP contribution is -2.55. The molecule has 0 heterocycles. The Hall–Kier alpha value is -1.82. The summed E-state index contributed by atoms with van der Waals surface area (Å²) in [5.74, 6) is -1.64. The molecule has 0 radical (unpaired) electrons. The summed E-state index contributed by atoms with van der Waals surface area (Å²) in [6.07, 6.45) is 2.09. The van der Waals surface area contributed by atoms with Gasteiger partial charge in [-0.1, -0.05) is 11.6 Å². The van der Waals surface area contributed by atoms with E-state index in [-0.39, 0.29) is 23.8 Å². The fourth-order valence-electron chi connectivity index (χ4n) is 2.29. The average Bonchev–Trinajstić information content (AvgIpc) is 2.37. The molecule has 1 saturated carbocycles. The number of benzene rings is 1. The molecule has 21 heavy (non-hydrogen) atoms. The third kappa shape index (κ3) is 4.07. The van der Waals surface area contributed by atoms with Crippen molar-refractivity contribution in [3.05, 3.63) is 29.0 Å². The lowest BCUT2D eigenvalue weighted by molar-refractivity contribution is -0.140. The fourth-order valence-corrected chi connectivity index (χ4v) is 2.46. The molecule has 0 unspecified atom stereocenters. The molecule has 0 bridgehead atoms. The number of nitrogens with one attached hydrogen (secondary N) is 1. The maximum Gasteiger partial charge on any atom is 0.305 e. The summed E-state index contributed by atoms with van der Waals surface area (Å²) < 4.78 is 18.2. The van der Waals surface area contributed by atoms with Crippen LogP contribution in [0.4, 0.5) is 4.39 Å². The number of aliphatic carboxylic acids is 1. The van der Waals surface area contributed by atoms with Crippen molar-refractivity contribution in [1.82, 2.24) is 5.32 Å². The van der Waals surface area contributed by atoms with Crippen LogP contribution in [0.25, 0.3) is 0 Å². The molecular formula is C14H15ClFNO4. The second-order valence-electron chi connectivity index (χ2n) is 5.12. The first-order valence-corrected chi connectivity index (χ1v) is 6.89. The highest BCUT2D eigenvalue weighted by Gasteiger charge is 2.40. The van der Waals surface area contributed by atoms with E-state index in [4.69, 9.17) is 21.4 Å². The van der Waals surface area contributed by atoms with E-state index in [1.54, 1.807) is 0 Å². The van der Waals surface area contributed by atoms with Crippen LogP contribution in [-0.2, 0) is 9.59 Å². The number of carboxylic acid groups (broad SMARTS) is 1. The van der Waals surface area contributed by atoms with Crippen LogP contribution >= 0.6 is 11.6 Å². The smallest absolute Gasteiger partial charge is 0.305 e. The Balaban J connectivity index is 1.86. The highest BCUT2D eigenvalue weighted by Crippen LogP contribution is 2.34. The number of ether oxygens (including phenoxy) is 1. The predicted octanol–water partition coefficient (Wildman–Crippen LogP) is 2.37. The van der Waals surface area contributed by atoms with E-state index < -0.39 is 23.2 Å². The monoisotopic (exact) mass is 315 g/mol. The summed E-state index contributed by atoms with van der Waals surface area (Å²) in [6, 6.07) is 3.79. The Morgan fingerprint density at radius 1 is 1.43 bits per heavy atom. The number of hydrogen-bond donors (Lipinski definition) is 2. The number of carbonyl (C=O) groups excluding carboxylic acids is 1. The minimum atomic E-state index is -0.943. The Kier molecular flexibility index (Phi) is 4.67. The predicted molar refractivity (Wildman–Crippen MR) is 73.9 cm³/mol. The molecule has 1 fully saturated rings. The molecule has 0 saturated heterocycles. The van der Waals surface area contributed by atoms with Gasteiger partial charge in [-0.2, -0.15) is 0 Å². The molecule has 1 aromatic rings. The van der Waals surface area contributed by atoms with Gasteiger partial charge in [0, 0.05) is 6.07 Å². The maximum absolute atomic E-state index is 13.0. The van der Waals surface area contributed by atoms with Gasteiger partial charge in [0.1, 0.15) is 11.6 Å². The summed E-state index contributed by atoms with van der Waals surface area (Å²) in [4.78, 5) is 22.6. The highest BCUT2D eigenvalue weighted by molar-refractivity contribution is 6.30. The number of amides is 1. The summed E-state index contributed by atoms with van der Waals surface area (Å²) in [5, 5.41) is 11.5. The van der Waals surface area contributed by atoms with Gasteiger partial charge in [-0.05, 0) is 31.4 Å². The first-order valence-electron chi connectivity index (χ1n) is 6.51. The number of rotatable bonds is 6. The molecule has 1 amide bonds. The molecule has 0 aromatic heterocycles. The lowest BCUT2D eigenvalue weighted by atomic mass is 9.74. The molecular weight excluding hydrogens is 301 g/mol. The molecule has 5 nitrogen and oxygen atoms in total. The van der Waals surface area contributed by atoms with Crippen LogP contribution in [0.5, 0.6) is 5.75 Å². The highest BCUT2D eigenvalue weighted by atomic mass is 35.5. The first kappa shape index (κ1) is 15.6. The van der Waals surface area contributed by atoms with E-state index >= 15 is 0 Å². The molecule has 0 spiro atoms. The quantitative estimate of drug-likeness (QED) is 0.845. The molecule has 7 heteroatoms. The molecule has 114 valence electrons. The van der Waals surface area contributed by atoms with Gasteiger partial charge in [-0.3, -0.25) is 9.59 Å². The van der Waals surface area contributed by atoms with Crippen LogP contribution in [0.3, 0.4) is 0 Å². The van der Waals surface area contributed by atoms with Crippen LogP contribution in [0.15, 0.2) is 18.2 Å². The van der Waals surface area contributed by atoms with Crippen LogP contribution in [-0.4, -0.2) is 29.1 Å². The Morgan fingerprint density at radius 3 is 2.67 bits per heavy atom. The molecule has 0 aliphatic heterocycles. The average molecular weight is 316 g/mol. The third-order valence-electron chi connectivity index (χ3n) is 3.47. The van der Waals surface area contributed by atoms with Gasteiger partial charge in [-0.15, -0.1) is 0 Å². The second-order valence-corrected chi connectivity index (χ2v) is 5.52. The first-order chi connectivity index (χ1) is 9.90. The van der Waals surface area contributed by atoms with Gasteiger partial charge < -0.3 is 15.2 Å². The van der Waals surface area contributed by atoms with Crippen molar-refractivity contribution in [2.45, 2.75) is 31.2 Å². The fraction of sp³-hybridized carbons (Fsp3) is 0.429. The molecule has 2 N–H and O–H groups in total. The van der Waals surface area contributed by atoms with E-state index in [0.717, 1.165) is 12.5 Å². The zero-order valence-electron chi connectivity index (χ0n) is 11.2. The van der Waals surface area contributed by atoms with Crippen molar-refractivity contribution < 1.29 is 23.8 Å². The van der Waals surface area contributed by atoms with Gasteiger partial charge in [0.25, 0.3) is 5.91 Å². The zero-order chi connectivity index (χ0) is 15.5. The minimum Gasteiger partial charge on any atom is -0.484 e. The van der Waals surface area contributed by atoms with E-state index in [1.807, 2.05) is 0 Å². The van der Waals surface area contributed by atoms with Gasteiger partial charge in [-0.25, -0.2) is 4.39 Å². The van der Waals surface area contributed by atoms with E-state index in [9.17, 15) is 14.0 Å². The number of carboxylic acids is 1. The number of carbonyl (C=O) groups is 2. The summed E-state index contributed by atoms with van der Waals surface area (Å²) in [7, 11) is 0. The maximum atomic E-state index is 13.0. The van der Waals surface area contributed by atoms with Crippen LogP contribution in [0, 0.1) is 5.82 Å². The van der Waals surface area contributed by atoms with Crippen molar-refractivity contribution in [3.63, 3.8) is 0 Å². The van der Waals surface area contributed by atoms with Gasteiger partial charge in [0.2, 0.25) is 0 Å². The Morgan fingerprint density at radius 2 is 2.14 bits per heavy atom. The summed E-state index contributed by atoms with van der Waals surface area (Å²) in [6.45, 7) is -0.274. The van der Waals surface area contributed by atoms with E-state index in [2.05, 4.69) is 5.32 Å². The SMILES string of the molecule is O=C(O)CC1(NC(=O)COc2ccc(F)c(Cl)c2)CCC1. The van der Waals surface area contributed by atoms with Crippen LogP contribution in [0.2, 0.25) is 5.02 Å². The summed E-state index contributed by atoms with van der Waals surface area (Å²) >= 11 is 5.60. The van der Waals surface area contributed by atoms with Gasteiger partial charge in [0.15, 0.2) is 6.61 Å². The molecule has 1 aliphatic carbocycles. The molecule has 0 atom stereocenters. The lowest BCUT2D eigenvalue weighted by Gasteiger charge is -2.41. The van der Waals surface area contributed by atoms with Crippen LogP contribution < -0.4 is 10.1 Å². The normalized spacial score (nSPS) is 15.9. The van der Waals surface area contributed by atoms with Crippen molar-refractivity contribution in [1.29, 1.82) is 0 Å². The molecule has 1 aliphatic rings. The van der Waals surface area contributed by atoms with E-state index in [1.165, 1.54) is 12.1 Å². The van der Waals surface area contributed by atoms with Crippen LogP contribution in [0.1, 0.15) is 25.7 Å². The Labute approximate surface area is 126 Å². The topological polar surface area (TPSA) is 75.6 Å². The van der Waals surface area contributed by atoms with Crippen molar-refractivity contribution in [2.24, 2.45) is 0 Å². The third-order valence-corrected chi connectivity index (χ3v) is 3.76. The minimum absolute atomic E-state index is 0.0887. The van der Waals surface area contributed by atoms with Gasteiger partial charge >= 0.3 is 5.97 Å². The van der Waals surface area contributed by atoms with Crippen molar-refractivity contribution in [3.8, 4) is 5.75 Å². The molecule has 1 aromatic carbocycles. The molecule has 2 rings (SSSR count). The van der Waals surface area contributed by atoms with E-state index in [0.29, 0.717) is 12.8 Å². The largest absolute Gasteiger partial charge is 0.484 e. The van der Waals surface area contributed by atoms with Crippen molar-refractivity contribution in [2.75, 3.05) is 6.61 Å². The Bertz CT molecular complexity index is 560. The zero-order valence-corrected chi connectivity index (χ0v) is 12.0.